The van der Waals surface area contributed by atoms with Crippen molar-refractivity contribution in [2.24, 2.45) is 0 Å². The highest BCUT2D eigenvalue weighted by atomic mass is 16.2. The quantitative estimate of drug-likeness (QED) is 0.700. The molecule has 140 valence electrons. The molecular weight excluding hydrogens is 352 g/mol. The van der Waals surface area contributed by atoms with Crippen molar-refractivity contribution in [1.29, 1.82) is 0 Å². The maximum absolute atomic E-state index is 12.8. The van der Waals surface area contributed by atoms with Crippen molar-refractivity contribution in [3.63, 3.8) is 0 Å². The second-order valence-electron chi connectivity index (χ2n) is 6.92. The zero-order valence-corrected chi connectivity index (χ0v) is 15.6. The molecule has 0 bridgehead atoms. The number of amides is 3. The lowest BCUT2D eigenvalue weighted by Gasteiger charge is -2.27. The molecule has 1 heterocycles. The first-order valence-electron chi connectivity index (χ1n) is 9.25. The monoisotopic (exact) mass is 372 g/mol. The average molecular weight is 372 g/mol. The van der Waals surface area contributed by atoms with E-state index in [2.05, 4.69) is 5.32 Å². The van der Waals surface area contributed by atoms with Gasteiger partial charge in [-0.15, -0.1) is 0 Å². The van der Waals surface area contributed by atoms with Gasteiger partial charge in [-0.05, 0) is 35.6 Å². The summed E-state index contributed by atoms with van der Waals surface area (Å²) in [5, 5.41) is 4.40. The summed E-state index contributed by atoms with van der Waals surface area (Å²) in [4.78, 5) is 39.1. The second-order valence-corrected chi connectivity index (χ2v) is 6.92. The molecule has 5 nitrogen and oxygen atoms in total. The Bertz CT molecular complexity index is 1050. The number of carbonyl (C=O) groups is 3. The molecule has 1 aliphatic rings. The number of imide groups is 1. The van der Waals surface area contributed by atoms with Crippen LogP contribution in [0.3, 0.4) is 0 Å². The maximum Gasteiger partial charge on any atom is 0.261 e. The number of nitrogens with one attached hydrogen (secondary N) is 1. The number of carbonyl (C=O) groups excluding carboxylic acids is 3. The van der Waals surface area contributed by atoms with Crippen molar-refractivity contribution in [2.75, 3.05) is 13.1 Å². The Kier molecular flexibility index (Phi) is 4.65. The molecule has 1 aliphatic heterocycles. The molecule has 0 saturated carbocycles. The van der Waals surface area contributed by atoms with Crippen molar-refractivity contribution in [2.45, 2.75) is 13.3 Å². The molecule has 3 aromatic rings. The van der Waals surface area contributed by atoms with Gasteiger partial charge in [0.2, 0.25) is 5.91 Å². The molecule has 0 aromatic heterocycles. The minimum atomic E-state index is -0.317. The lowest BCUT2D eigenvalue weighted by Crippen LogP contribution is -2.44. The number of hydrogen-bond donors (Lipinski definition) is 1. The van der Waals surface area contributed by atoms with E-state index in [4.69, 9.17) is 0 Å². The van der Waals surface area contributed by atoms with Crippen LogP contribution in [0, 0.1) is 6.92 Å². The molecular formula is C23H20N2O3. The summed E-state index contributed by atoms with van der Waals surface area (Å²) in [7, 11) is 0. The van der Waals surface area contributed by atoms with Gasteiger partial charge in [-0.25, -0.2) is 0 Å². The first kappa shape index (κ1) is 17.9. The molecule has 3 amide bonds. The van der Waals surface area contributed by atoms with Gasteiger partial charge < -0.3 is 5.32 Å². The summed E-state index contributed by atoms with van der Waals surface area (Å²) in [5.41, 5.74) is 3.08. The van der Waals surface area contributed by atoms with Gasteiger partial charge >= 0.3 is 0 Å². The van der Waals surface area contributed by atoms with E-state index in [-0.39, 0.29) is 37.2 Å². The van der Waals surface area contributed by atoms with Gasteiger partial charge in [0.25, 0.3) is 11.8 Å². The summed E-state index contributed by atoms with van der Waals surface area (Å²) in [6, 6.07) is 18.6. The number of hydrogen-bond acceptors (Lipinski definition) is 3. The normalized spacial score (nSPS) is 13.1. The van der Waals surface area contributed by atoms with E-state index in [1.54, 1.807) is 12.1 Å². The van der Waals surface area contributed by atoms with Gasteiger partial charge in [0.05, 0.1) is 6.42 Å². The van der Waals surface area contributed by atoms with E-state index < -0.39 is 0 Å². The van der Waals surface area contributed by atoms with Crippen molar-refractivity contribution in [1.82, 2.24) is 10.2 Å². The van der Waals surface area contributed by atoms with E-state index in [0.717, 1.165) is 16.5 Å². The SMILES string of the molecule is Cc1ccccc1CC(=O)NCCN1C(=O)c2cccc3cccc(c23)C1=O. The fraction of sp³-hybridized carbons (Fsp3) is 0.174. The summed E-state index contributed by atoms with van der Waals surface area (Å²) in [5.74, 6) is -0.765. The van der Waals surface area contributed by atoms with E-state index in [9.17, 15) is 14.4 Å². The van der Waals surface area contributed by atoms with Crippen LogP contribution in [0.4, 0.5) is 0 Å². The summed E-state index contributed by atoms with van der Waals surface area (Å²) in [6.07, 6.45) is 0.275. The van der Waals surface area contributed by atoms with Gasteiger partial charge in [-0.1, -0.05) is 48.5 Å². The number of rotatable bonds is 5. The predicted molar refractivity (Wildman–Crippen MR) is 107 cm³/mol. The van der Waals surface area contributed by atoms with E-state index in [1.165, 1.54) is 4.90 Å². The third kappa shape index (κ3) is 3.16. The smallest absolute Gasteiger partial charge is 0.261 e. The molecule has 4 rings (SSSR count). The van der Waals surface area contributed by atoms with Gasteiger partial charge in [0.15, 0.2) is 0 Å². The first-order valence-corrected chi connectivity index (χ1v) is 9.25. The lowest BCUT2D eigenvalue weighted by molar-refractivity contribution is -0.120. The Morgan fingerprint density at radius 1 is 0.893 bits per heavy atom. The van der Waals surface area contributed by atoms with Crippen LogP contribution in [-0.4, -0.2) is 35.7 Å². The molecule has 3 aromatic carbocycles. The Hall–Kier alpha value is -3.47. The fourth-order valence-electron chi connectivity index (χ4n) is 3.63. The highest BCUT2D eigenvalue weighted by Crippen LogP contribution is 2.29. The summed E-state index contributed by atoms with van der Waals surface area (Å²) < 4.78 is 0. The number of nitrogens with zero attached hydrogens (tertiary/aromatic N) is 1. The lowest BCUT2D eigenvalue weighted by atomic mass is 9.94. The molecule has 0 unspecified atom stereocenters. The maximum atomic E-state index is 12.8. The van der Waals surface area contributed by atoms with Crippen LogP contribution in [0.25, 0.3) is 10.8 Å². The van der Waals surface area contributed by atoms with Crippen molar-refractivity contribution in [3.05, 3.63) is 82.9 Å². The molecule has 28 heavy (non-hydrogen) atoms. The van der Waals surface area contributed by atoms with Gasteiger partial charge in [-0.3, -0.25) is 19.3 Å². The largest absolute Gasteiger partial charge is 0.354 e. The van der Waals surface area contributed by atoms with Crippen LogP contribution in [-0.2, 0) is 11.2 Å². The summed E-state index contributed by atoms with van der Waals surface area (Å²) >= 11 is 0. The van der Waals surface area contributed by atoms with Gasteiger partial charge in [0.1, 0.15) is 0 Å². The van der Waals surface area contributed by atoms with Crippen molar-refractivity contribution < 1.29 is 14.4 Å². The van der Waals surface area contributed by atoms with Crippen molar-refractivity contribution in [3.8, 4) is 0 Å². The molecule has 0 atom stereocenters. The predicted octanol–water partition coefficient (Wildman–Crippen LogP) is 3.10. The molecule has 0 fully saturated rings. The zero-order valence-electron chi connectivity index (χ0n) is 15.6. The molecule has 0 saturated heterocycles. The van der Waals surface area contributed by atoms with Crippen LogP contribution in [0.2, 0.25) is 0 Å². The number of benzene rings is 3. The standard InChI is InChI=1S/C23H20N2O3/c1-15-6-2-3-7-17(15)14-20(26)24-12-13-25-22(27)18-10-4-8-16-9-5-11-19(21(16)18)23(25)28/h2-11H,12-14H2,1H3,(H,24,26). The molecule has 0 spiro atoms. The topological polar surface area (TPSA) is 66.5 Å². The minimum Gasteiger partial charge on any atom is -0.354 e. The van der Waals surface area contributed by atoms with Crippen LogP contribution < -0.4 is 5.32 Å². The Morgan fingerprint density at radius 2 is 1.54 bits per heavy atom. The first-order chi connectivity index (χ1) is 13.6. The van der Waals surface area contributed by atoms with Crippen molar-refractivity contribution >= 4 is 28.5 Å². The molecule has 0 radical (unpaired) electrons. The van der Waals surface area contributed by atoms with Crippen LogP contribution in [0.5, 0.6) is 0 Å². The third-order valence-corrected chi connectivity index (χ3v) is 5.13. The Morgan fingerprint density at radius 3 is 2.18 bits per heavy atom. The fourth-order valence-corrected chi connectivity index (χ4v) is 3.63. The highest BCUT2D eigenvalue weighted by molar-refractivity contribution is 6.25. The Balaban J connectivity index is 1.45. The average Bonchev–Trinajstić information content (AvgIpc) is 2.70. The highest BCUT2D eigenvalue weighted by Gasteiger charge is 2.32. The van der Waals surface area contributed by atoms with E-state index >= 15 is 0 Å². The Labute approximate surface area is 163 Å². The minimum absolute atomic E-state index is 0.131. The van der Waals surface area contributed by atoms with Crippen LogP contribution >= 0.6 is 0 Å². The molecule has 5 heteroatoms. The summed E-state index contributed by atoms with van der Waals surface area (Å²) in [6.45, 7) is 2.33. The van der Waals surface area contributed by atoms with Gasteiger partial charge in [-0.2, -0.15) is 0 Å². The third-order valence-electron chi connectivity index (χ3n) is 5.13. The van der Waals surface area contributed by atoms with Gasteiger partial charge in [0, 0.05) is 29.6 Å². The van der Waals surface area contributed by atoms with Crippen LogP contribution in [0.15, 0.2) is 60.7 Å². The van der Waals surface area contributed by atoms with Crippen LogP contribution in [0.1, 0.15) is 31.8 Å². The second kappa shape index (κ2) is 7.27. The van der Waals surface area contributed by atoms with E-state index in [1.807, 2.05) is 55.5 Å². The number of aryl methyl sites for hydroxylation is 1. The zero-order chi connectivity index (χ0) is 19.7. The van der Waals surface area contributed by atoms with E-state index in [0.29, 0.717) is 16.5 Å². The molecule has 1 N–H and O–H groups in total. The molecule has 0 aliphatic carbocycles.